The topological polar surface area (TPSA) is 110 Å². The first-order valence-corrected chi connectivity index (χ1v) is 6.46. The van der Waals surface area contributed by atoms with Gasteiger partial charge >= 0.3 is 17.9 Å². The molecule has 0 aliphatic rings. The van der Waals surface area contributed by atoms with Crippen LogP contribution in [-0.4, -0.2) is 34.7 Å². The van der Waals surface area contributed by atoms with Crippen molar-refractivity contribution in [2.45, 2.75) is 19.8 Å². The fourth-order valence-electron chi connectivity index (χ4n) is 1.44. The van der Waals surface area contributed by atoms with Crippen LogP contribution in [0.4, 0.5) is 0 Å². The summed E-state index contributed by atoms with van der Waals surface area (Å²) in [5.41, 5.74) is -0.0285. The predicted octanol–water partition coefficient (Wildman–Crippen LogP) is 1.65. The van der Waals surface area contributed by atoms with Gasteiger partial charge in [-0.1, -0.05) is 0 Å². The third-order valence-electron chi connectivity index (χ3n) is 2.49. The van der Waals surface area contributed by atoms with Gasteiger partial charge in [-0.15, -0.1) is 0 Å². The summed E-state index contributed by atoms with van der Waals surface area (Å²) in [6, 6.07) is 5.69. The summed E-state index contributed by atoms with van der Waals surface area (Å²) in [5, 5.41) is 17.6. The standard InChI is InChI=1S/C15H16O7/c1-10(9-13(17)18)15(20)21-8-2-3-14(19)22-12-6-4-11(16)5-7-12/h4-7,9,16H,2-3,8H2,1H3,(H,17,18)/b10-9-. The van der Waals surface area contributed by atoms with Crippen molar-refractivity contribution in [2.24, 2.45) is 0 Å². The SMILES string of the molecule is C/C(=C/C(=O)O)C(=O)OCCCC(=O)Oc1ccc(O)cc1. The molecule has 118 valence electrons. The monoisotopic (exact) mass is 308 g/mol. The van der Waals surface area contributed by atoms with Gasteiger partial charge in [0.2, 0.25) is 0 Å². The summed E-state index contributed by atoms with van der Waals surface area (Å²) in [6.07, 6.45) is 1.04. The maximum atomic E-state index is 11.5. The second kappa shape index (κ2) is 8.46. The van der Waals surface area contributed by atoms with Crippen molar-refractivity contribution < 1.29 is 34.1 Å². The number of hydrogen-bond acceptors (Lipinski definition) is 6. The average Bonchev–Trinajstić information content (AvgIpc) is 2.45. The summed E-state index contributed by atoms with van der Waals surface area (Å²) < 4.78 is 9.81. The van der Waals surface area contributed by atoms with Crippen LogP contribution < -0.4 is 4.74 Å². The average molecular weight is 308 g/mol. The second-order valence-electron chi connectivity index (χ2n) is 4.37. The third kappa shape index (κ3) is 6.56. The van der Waals surface area contributed by atoms with E-state index >= 15 is 0 Å². The van der Waals surface area contributed by atoms with E-state index in [0.717, 1.165) is 6.08 Å². The van der Waals surface area contributed by atoms with E-state index in [-0.39, 0.29) is 30.8 Å². The molecule has 22 heavy (non-hydrogen) atoms. The van der Waals surface area contributed by atoms with Crippen LogP contribution in [0.1, 0.15) is 19.8 Å². The molecule has 0 aliphatic heterocycles. The number of rotatable bonds is 7. The molecule has 0 spiro atoms. The Kier molecular flexibility index (Phi) is 6.62. The van der Waals surface area contributed by atoms with Crippen molar-refractivity contribution in [1.82, 2.24) is 0 Å². The zero-order chi connectivity index (χ0) is 16.5. The van der Waals surface area contributed by atoms with Gasteiger partial charge in [0.05, 0.1) is 6.61 Å². The Bertz CT molecular complexity index is 572. The van der Waals surface area contributed by atoms with E-state index in [1.54, 1.807) is 0 Å². The molecule has 7 heteroatoms. The molecule has 0 aromatic heterocycles. The molecule has 0 atom stereocenters. The highest BCUT2D eigenvalue weighted by Crippen LogP contribution is 2.16. The first-order chi connectivity index (χ1) is 10.4. The van der Waals surface area contributed by atoms with E-state index in [9.17, 15) is 14.4 Å². The molecule has 0 saturated carbocycles. The van der Waals surface area contributed by atoms with Gasteiger partial charge in [-0.05, 0) is 37.6 Å². The lowest BCUT2D eigenvalue weighted by molar-refractivity contribution is -0.141. The Morgan fingerprint density at radius 3 is 2.41 bits per heavy atom. The number of esters is 2. The number of carboxylic acid groups (broad SMARTS) is 1. The molecule has 0 saturated heterocycles. The highest BCUT2D eigenvalue weighted by Gasteiger charge is 2.09. The number of carbonyl (C=O) groups excluding carboxylic acids is 2. The number of phenols is 1. The van der Waals surface area contributed by atoms with E-state index in [4.69, 9.17) is 19.7 Å². The lowest BCUT2D eigenvalue weighted by Crippen LogP contribution is -2.12. The van der Waals surface area contributed by atoms with Gasteiger partial charge in [0.1, 0.15) is 11.5 Å². The van der Waals surface area contributed by atoms with Gasteiger partial charge in [-0.2, -0.15) is 0 Å². The van der Waals surface area contributed by atoms with E-state index < -0.39 is 17.9 Å². The maximum absolute atomic E-state index is 11.5. The third-order valence-corrected chi connectivity index (χ3v) is 2.49. The van der Waals surface area contributed by atoms with Crippen molar-refractivity contribution >= 4 is 17.9 Å². The fraction of sp³-hybridized carbons (Fsp3) is 0.267. The Morgan fingerprint density at radius 2 is 1.82 bits per heavy atom. The summed E-state index contributed by atoms with van der Waals surface area (Å²) in [6.45, 7) is 1.31. The normalized spacial score (nSPS) is 10.9. The summed E-state index contributed by atoms with van der Waals surface area (Å²) in [5.74, 6) is -2.10. The molecule has 0 unspecified atom stereocenters. The van der Waals surface area contributed by atoms with E-state index in [1.807, 2.05) is 0 Å². The second-order valence-corrected chi connectivity index (χ2v) is 4.37. The predicted molar refractivity (Wildman–Crippen MR) is 75.3 cm³/mol. The molecule has 0 fully saturated rings. The number of benzene rings is 1. The number of carboxylic acids is 1. The van der Waals surface area contributed by atoms with Gasteiger partial charge in [0.15, 0.2) is 0 Å². The van der Waals surface area contributed by atoms with E-state index in [1.165, 1.54) is 31.2 Å². The van der Waals surface area contributed by atoms with Crippen LogP contribution in [0.3, 0.4) is 0 Å². The molecule has 1 aromatic rings. The largest absolute Gasteiger partial charge is 0.508 e. The van der Waals surface area contributed by atoms with E-state index in [0.29, 0.717) is 5.75 Å². The van der Waals surface area contributed by atoms with Crippen molar-refractivity contribution in [3.63, 3.8) is 0 Å². The number of aliphatic carboxylic acids is 1. The van der Waals surface area contributed by atoms with Gasteiger partial charge in [-0.3, -0.25) is 4.79 Å². The fourth-order valence-corrected chi connectivity index (χ4v) is 1.44. The smallest absolute Gasteiger partial charge is 0.333 e. The van der Waals surface area contributed by atoms with Gasteiger partial charge in [-0.25, -0.2) is 9.59 Å². The Labute approximate surface area is 126 Å². The summed E-state index contributed by atoms with van der Waals surface area (Å²) in [7, 11) is 0. The molecular formula is C15H16O7. The van der Waals surface area contributed by atoms with Crippen molar-refractivity contribution in [3.05, 3.63) is 35.9 Å². The molecule has 7 nitrogen and oxygen atoms in total. The van der Waals surface area contributed by atoms with Crippen LogP contribution in [0.15, 0.2) is 35.9 Å². The number of carbonyl (C=O) groups is 3. The number of ether oxygens (including phenoxy) is 2. The number of hydrogen-bond donors (Lipinski definition) is 2. The minimum atomic E-state index is -1.23. The zero-order valence-corrected chi connectivity index (χ0v) is 11.9. The molecule has 2 N–H and O–H groups in total. The van der Waals surface area contributed by atoms with Gasteiger partial charge < -0.3 is 19.7 Å². The molecule has 0 radical (unpaired) electrons. The number of phenolic OH excluding ortho intramolecular Hbond substituents is 1. The van der Waals surface area contributed by atoms with Crippen molar-refractivity contribution in [2.75, 3.05) is 6.61 Å². The van der Waals surface area contributed by atoms with Crippen LogP contribution in [0, 0.1) is 0 Å². The molecule has 0 amide bonds. The van der Waals surface area contributed by atoms with E-state index in [2.05, 4.69) is 0 Å². The number of aromatic hydroxyl groups is 1. The first kappa shape index (κ1) is 17.2. The first-order valence-electron chi connectivity index (χ1n) is 6.46. The molecule has 0 aliphatic carbocycles. The minimum absolute atomic E-state index is 0.0195. The van der Waals surface area contributed by atoms with Crippen LogP contribution in [0.25, 0.3) is 0 Å². The summed E-state index contributed by atoms with van der Waals surface area (Å²) >= 11 is 0. The van der Waals surface area contributed by atoms with Crippen molar-refractivity contribution in [3.8, 4) is 11.5 Å². The lowest BCUT2D eigenvalue weighted by Gasteiger charge is -2.06. The lowest BCUT2D eigenvalue weighted by atomic mass is 10.3. The highest BCUT2D eigenvalue weighted by atomic mass is 16.5. The molecule has 0 bridgehead atoms. The Hall–Kier alpha value is -2.83. The minimum Gasteiger partial charge on any atom is -0.508 e. The zero-order valence-electron chi connectivity index (χ0n) is 11.9. The highest BCUT2D eigenvalue weighted by molar-refractivity contribution is 5.95. The van der Waals surface area contributed by atoms with Gasteiger partial charge in [0, 0.05) is 18.1 Å². The Morgan fingerprint density at radius 1 is 1.18 bits per heavy atom. The van der Waals surface area contributed by atoms with Crippen LogP contribution in [0.5, 0.6) is 11.5 Å². The summed E-state index contributed by atoms with van der Waals surface area (Å²) in [4.78, 5) is 33.2. The molecular weight excluding hydrogens is 292 g/mol. The van der Waals surface area contributed by atoms with Gasteiger partial charge in [0.25, 0.3) is 0 Å². The Balaban J connectivity index is 2.27. The maximum Gasteiger partial charge on any atom is 0.333 e. The molecule has 0 heterocycles. The van der Waals surface area contributed by atoms with Crippen molar-refractivity contribution in [1.29, 1.82) is 0 Å². The van der Waals surface area contributed by atoms with Crippen LogP contribution >= 0.6 is 0 Å². The van der Waals surface area contributed by atoms with Crippen LogP contribution in [0.2, 0.25) is 0 Å². The molecule has 1 rings (SSSR count). The quantitative estimate of drug-likeness (QED) is 0.341. The van der Waals surface area contributed by atoms with Crippen LogP contribution in [-0.2, 0) is 19.1 Å². The molecule has 1 aromatic carbocycles.